The van der Waals surface area contributed by atoms with Gasteiger partial charge in [-0.25, -0.2) is 4.98 Å². The van der Waals surface area contributed by atoms with E-state index in [1.807, 2.05) is 11.3 Å². The minimum absolute atomic E-state index is 0.234. The smallest absolute Gasteiger partial charge is 0.113 e. The molecule has 94 valence electrons. The molecule has 2 aliphatic rings. The lowest BCUT2D eigenvalue weighted by atomic mass is 9.81. The van der Waals surface area contributed by atoms with Gasteiger partial charge in [-0.2, -0.15) is 0 Å². The van der Waals surface area contributed by atoms with Crippen molar-refractivity contribution in [2.75, 3.05) is 6.54 Å². The van der Waals surface area contributed by atoms with Crippen LogP contribution in [-0.2, 0) is 5.54 Å². The fourth-order valence-corrected chi connectivity index (χ4v) is 4.85. The van der Waals surface area contributed by atoms with Crippen molar-refractivity contribution in [3.63, 3.8) is 0 Å². The molecule has 0 aliphatic heterocycles. The van der Waals surface area contributed by atoms with Gasteiger partial charge in [-0.05, 0) is 51.0 Å². The van der Waals surface area contributed by atoms with Crippen LogP contribution in [0.15, 0.2) is 5.38 Å². The molecule has 3 atom stereocenters. The average molecular weight is 250 g/mol. The van der Waals surface area contributed by atoms with Crippen LogP contribution in [0, 0.1) is 18.8 Å². The second kappa shape index (κ2) is 4.36. The van der Waals surface area contributed by atoms with Crippen molar-refractivity contribution in [1.82, 2.24) is 10.3 Å². The average Bonchev–Trinajstić information content (AvgIpc) is 3.01. The van der Waals surface area contributed by atoms with Gasteiger partial charge in [0.25, 0.3) is 0 Å². The molecule has 0 saturated heterocycles. The summed E-state index contributed by atoms with van der Waals surface area (Å²) in [4.78, 5) is 4.79. The summed E-state index contributed by atoms with van der Waals surface area (Å²) in [6, 6.07) is 0. The van der Waals surface area contributed by atoms with Crippen LogP contribution in [0.4, 0.5) is 0 Å². The second-order valence-corrected chi connectivity index (χ2v) is 6.63. The minimum Gasteiger partial charge on any atom is -0.305 e. The Labute approximate surface area is 108 Å². The summed E-state index contributed by atoms with van der Waals surface area (Å²) in [5.41, 5.74) is 1.42. The fourth-order valence-electron chi connectivity index (χ4n) is 3.79. The third kappa shape index (κ3) is 1.84. The Morgan fingerprint density at radius 1 is 1.53 bits per heavy atom. The van der Waals surface area contributed by atoms with Gasteiger partial charge in [0.15, 0.2) is 0 Å². The van der Waals surface area contributed by atoms with E-state index in [-0.39, 0.29) is 5.54 Å². The molecule has 3 rings (SSSR count). The number of hydrogen-bond acceptors (Lipinski definition) is 3. The largest absolute Gasteiger partial charge is 0.305 e. The van der Waals surface area contributed by atoms with Crippen molar-refractivity contribution in [1.29, 1.82) is 0 Å². The standard InChI is InChI=1S/C14H22N2S/c1-3-6-15-14(13-16-10(2)9-17-13)8-11-4-5-12(14)7-11/h9,11-12,15H,3-8H2,1-2H3. The molecule has 2 bridgehead atoms. The lowest BCUT2D eigenvalue weighted by Crippen LogP contribution is -2.47. The maximum absolute atomic E-state index is 4.79. The topological polar surface area (TPSA) is 24.9 Å². The van der Waals surface area contributed by atoms with Crippen LogP contribution in [-0.4, -0.2) is 11.5 Å². The van der Waals surface area contributed by atoms with Crippen molar-refractivity contribution < 1.29 is 0 Å². The van der Waals surface area contributed by atoms with E-state index in [0.29, 0.717) is 0 Å². The number of nitrogens with one attached hydrogen (secondary N) is 1. The Morgan fingerprint density at radius 2 is 2.41 bits per heavy atom. The summed E-state index contributed by atoms with van der Waals surface area (Å²) < 4.78 is 0. The molecule has 3 heteroatoms. The Balaban J connectivity index is 1.91. The third-order valence-corrected chi connectivity index (χ3v) is 5.68. The fraction of sp³-hybridized carbons (Fsp3) is 0.786. The van der Waals surface area contributed by atoms with Crippen LogP contribution >= 0.6 is 11.3 Å². The molecule has 2 aliphatic carbocycles. The van der Waals surface area contributed by atoms with Crippen LogP contribution in [0.2, 0.25) is 0 Å². The number of aromatic nitrogens is 1. The number of nitrogens with zero attached hydrogens (tertiary/aromatic N) is 1. The lowest BCUT2D eigenvalue weighted by molar-refractivity contribution is 0.209. The summed E-state index contributed by atoms with van der Waals surface area (Å²) in [6.07, 6.45) is 6.81. The van der Waals surface area contributed by atoms with Crippen LogP contribution in [0.3, 0.4) is 0 Å². The van der Waals surface area contributed by atoms with Gasteiger partial charge in [0, 0.05) is 11.1 Å². The van der Waals surface area contributed by atoms with E-state index < -0.39 is 0 Å². The first-order valence-electron chi connectivity index (χ1n) is 6.92. The first-order valence-corrected chi connectivity index (χ1v) is 7.80. The monoisotopic (exact) mass is 250 g/mol. The predicted molar refractivity (Wildman–Crippen MR) is 72.3 cm³/mol. The van der Waals surface area contributed by atoms with Gasteiger partial charge in [0.2, 0.25) is 0 Å². The quantitative estimate of drug-likeness (QED) is 0.885. The summed E-state index contributed by atoms with van der Waals surface area (Å²) in [5.74, 6) is 1.79. The van der Waals surface area contributed by atoms with Gasteiger partial charge >= 0.3 is 0 Å². The molecule has 0 radical (unpaired) electrons. The van der Waals surface area contributed by atoms with E-state index in [4.69, 9.17) is 4.98 Å². The molecule has 2 nitrogen and oxygen atoms in total. The van der Waals surface area contributed by atoms with Gasteiger partial charge in [-0.15, -0.1) is 11.3 Å². The molecule has 1 heterocycles. The number of aryl methyl sites for hydroxylation is 1. The van der Waals surface area contributed by atoms with Crippen molar-refractivity contribution >= 4 is 11.3 Å². The molecule has 3 unspecified atom stereocenters. The Hall–Kier alpha value is -0.410. The normalized spacial score (nSPS) is 35.6. The van der Waals surface area contributed by atoms with Crippen LogP contribution < -0.4 is 5.32 Å². The zero-order valence-electron chi connectivity index (χ0n) is 10.8. The molecular formula is C14H22N2S. The molecule has 1 aromatic heterocycles. The van der Waals surface area contributed by atoms with Crippen molar-refractivity contribution in [2.45, 2.75) is 51.5 Å². The maximum Gasteiger partial charge on any atom is 0.113 e. The molecule has 2 saturated carbocycles. The van der Waals surface area contributed by atoms with Crippen molar-refractivity contribution in [3.05, 3.63) is 16.1 Å². The molecular weight excluding hydrogens is 228 g/mol. The Bertz CT molecular complexity index is 401. The Morgan fingerprint density at radius 3 is 2.94 bits per heavy atom. The predicted octanol–water partition coefficient (Wildman–Crippen LogP) is 3.47. The molecule has 1 aromatic rings. The number of hydrogen-bond donors (Lipinski definition) is 1. The number of fused-ring (bicyclic) bond motifs is 2. The van der Waals surface area contributed by atoms with E-state index in [2.05, 4.69) is 24.5 Å². The zero-order chi connectivity index (χ0) is 11.9. The highest BCUT2D eigenvalue weighted by Crippen LogP contribution is 2.55. The summed E-state index contributed by atoms with van der Waals surface area (Å²) in [6.45, 7) is 5.49. The first-order chi connectivity index (χ1) is 8.24. The summed E-state index contributed by atoms with van der Waals surface area (Å²) in [5, 5.41) is 7.42. The lowest BCUT2D eigenvalue weighted by Gasteiger charge is -2.37. The number of thiazole rings is 1. The van der Waals surface area contributed by atoms with E-state index >= 15 is 0 Å². The minimum atomic E-state index is 0.234. The molecule has 0 spiro atoms. The van der Waals surface area contributed by atoms with Gasteiger partial charge in [-0.1, -0.05) is 13.3 Å². The molecule has 17 heavy (non-hydrogen) atoms. The van der Waals surface area contributed by atoms with E-state index in [1.54, 1.807) is 0 Å². The Kier molecular flexibility index (Phi) is 2.99. The molecule has 1 N–H and O–H groups in total. The van der Waals surface area contributed by atoms with Gasteiger partial charge in [-0.3, -0.25) is 0 Å². The SMILES string of the molecule is CCCNC1(c2nc(C)cs2)CC2CCC1C2. The van der Waals surface area contributed by atoms with Crippen molar-refractivity contribution in [3.8, 4) is 0 Å². The first kappa shape index (κ1) is 11.7. The highest BCUT2D eigenvalue weighted by Gasteiger charge is 2.53. The van der Waals surface area contributed by atoms with E-state index in [9.17, 15) is 0 Å². The van der Waals surface area contributed by atoms with Crippen molar-refractivity contribution in [2.24, 2.45) is 11.8 Å². The molecule has 0 aromatic carbocycles. The molecule has 0 amide bonds. The third-order valence-electron chi connectivity index (χ3n) is 4.54. The van der Waals surface area contributed by atoms with E-state index in [0.717, 1.165) is 18.4 Å². The van der Waals surface area contributed by atoms with Crippen LogP contribution in [0.5, 0.6) is 0 Å². The second-order valence-electron chi connectivity index (χ2n) is 5.77. The maximum atomic E-state index is 4.79. The highest BCUT2D eigenvalue weighted by molar-refractivity contribution is 7.09. The van der Waals surface area contributed by atoms with Gasteiger partial charge in [0.1, 0.15) is 5.01 Å². The summed E-state index contributed by atoms with van der Waals surface area (Å²) in [7, 11) is 0. The van der Waals surface area contributed by atoms with Gasteiger partial charge < -0.3 is 5.32 Å². The number of rotatable bonds is 4. The zero-order valence-corrected chi connectivity index (χ0v) is 11.6. The van der Waals surface area contributed by atoms with E-state index in [1.165, 1.54) is 42.8 Å². The summed E-state index contributed by atoms with van der Waals surface area (Å²) >= 11 is 1.86. The van der Waals surface area contributed by atoms with Crippen LogP contribution in [0.25, 0.3) is 0 Å². The van der Waals surface area contributed by atoms with Crippen LogP contribution in [0.1, 0.15) is 49.7 Å². The van der Waals surface area contributed by atoms with Gasteiger partial charge in [0.05, 0.1) is 5.54 Å². The molecule has 2 fully saturated rings. The highest BCUT2D eigenvalue weighted by atomic mass is 32.1.